The predicted molar refractivity (Wildman–Crippen MR) is 117 cm³/mol. The topological polar surface area (TPSA) is 65.7 Å². The van der Waals surface area contributed by atoms with Gasteiger partial charge in [-0.15, -0.1) is 11.8 Å². The maximum atomic E-state index is 13.1. The second-order valence-electron chi connectivity index (χ2n) is 6.90. The highest BCUT2D eigenvalue weighted by atomic mass is 32.2. The first-order valence-corrected chi connectivity index (χ1v) is 11.1. The van der Waals surface area contributed by atoms with Crippen LogP contribution in [0.1, 0.15) is 49.4 Å². The minimum Gasteiger partial charge on any atom is -0.490 e. The van der Waals surface area contributed by atoms with Gasteiger partial charge in [0.2, 0.25) is 5.43 Å². The van der Waals surface area contributed by atoms with Crippen molar-refractivity contribution in [1.29, 1.82) is 0 Å². The molecule has 0 aliphatic rings. The van der Waals surface area contributed by atoms with E-state index < -0.39 is 5.97 Å². The smallest absolute Gasteiger partial charge is 0.337 e. The zero-order valence-electron chi connectivity index (χ0n) is 17.1. The lowest BCUT2D eigenvalue weighted by Gasteiger charge is -2.11. The van der Waals surface area contributed by atoms with Crippen molar-refractivity contribution < 1.29 is 18.7 Å². The van der Waals surface area contributed by atoms with E-state index in [-0.39, 0.29) is 5.43 Å². The fraction of sp³-hybridized carbons (Fsp3) is 0.391. The number of carbonyl (C=O) groups excluding carboxylic acids is 1. The van der Waals surface area contributed by atoms with Gasteiger partial charge >= 0.3 is 5.97 Å². The molecule has 3 rings (SSSR count). The van der Waals surface area contributed by atoms with Crippen LogP contribution in [-0.2, 0) is 4.74 Å². The summed E-state index contributed by atoms with van der Waals surface area (Å²) in [5.74, 6) is 0.0924. The third-order valence-electron chi connectivity index (χ3n) is 4.87. The molecule has 0 amide bonds. The number of ether oxygens (including phenoxy) is 2. The number of methoxy groups -OCH3 is 1. The van der Waals surface area contributed by atoms with Gasteiger partial charge in [0.1, 0.15) is 5.58 Å². The van der Waals surface area contributed by atoms with Crippen LogP contribution in [0.25, 0.3) is 21.9 Å². The fourth-order valence-corrected chi connectivity index (χ4v) is 3.72. The number of esters is 1. The first-order valence-electron chi connectivity index (χ1n) is 9.88. The molecule has 5 nitrogen and oxygen atoms in total. The highest BCUT2D eigenvalue weighted by Crippen LogP contribution is 2.32. The average molecular weight is 415 g/mol. The number of hydrogen-bond donors (Lipinski definition) is 0. The molecule has 0 radical (unpaired) electrons. The minimum absolute atomic E-state index is 0.185. The molecule has 0 atom stereocenters. The summed E-state index contributed by atoms with van der Waals surface area (Å²) in [4.78, 5) is 25.9. The first kappa shape index (κ1) is 21.2. The van der Waals surface area contributed by atoms with E-state index in [1.54, 1.807) is 12.1 Å². The summed E-state index contributed by atoms with van der Waals surface area (Å²) >= 11 is 1.54. The van der Waals surface area contributed by atoms with E-state index in [0.717, 1.165) is 17.7 Å². The van der Waals surface area contributed by atoms with Crippen LogP contribution in [0.15, 0.2) is 44.4 Å². The van der Waals surface area contributed by atoms with E-state index in [2.05, 4.69) is 6.92 Å². The van der Waals surface area contributed by atoms with Crippen LogP contribution in [0.3, 0.4) is 0 Å². The van der Waals surface area contributed by atoms with E-state index in [4.69, 9.17) is 13.9 Å². The molecule has 6 heteroatoms. The molecule has 0 saturated heterocycles. The van der Waals surface area contributed by atoms with Gasteiger partial charge in [-0.2, -0.15) is 0 Å². The number of fused-ring (bicyclic) bond motifs is 2. The maximum Gasteiger partial charge on any atom is 0.337 e. The lowest BCUT2D eigenvalue weighted by Crippen LogP contribution is -2.07. The lowest BCUT2D eigenvalue weighted by atomic mass is 10.1. The van der Waals surface area contributed by atoms with Crippen LogP contribution in [0, 0.1) is 0 Å². The lowest BCUT2D eigenvalue weighted by molar-refractivity contribution is 0.0601. The van der Waals surface area contributed by atoms with E-state index in [0.29, 0.717) is 39.9 Å². The van der Waals surface area contributed by atoms with Gasteiger partial charge in [-0.05, 0) is 43.0 Å². The molecule has 0 saturated carbocycles. The summed E-state index contributed by atoms with van der Waals surface area (Å²) in [6.07, 6.45) is 7.68. The molecule has 0 aliphatic heterocycles. The van der Waals surface area contributed by atoms with Crippen LogP contribution in [0.2, 0.25) is 0 Å². The number of thioether (sulfide) groups is 1. The van der Waals surface area contributed by atoms with Crippen molar-refractivity contribution >= 4 is 39.7 Å². The second-order valence-corrected chi connectivity index (χ2v) is 7.78. The molecule has 0 unspecified atom stereocenters. The predicted octanol–water partition coefficient (Wildman–Crippen LogP) is 5.80. The van der Waals surface area contributed by atoms with Crippen molar-refractivity contribution in [3.63, 3.8) is 0 Å². The SMILES string of the molecule is CCCCCCCOc1cc(SC)cc2c(=O)c3cc(C(=O)OC)ccc3oc12. The van der Waals surface area contributed by atoms with Crippen LogP contribution in [0.5, 0.6) is 5.75 Å². The molecule has 1 aromatic heterocycles. The van der Waals surface area contributed by atoms with Crippen molar-refractivity contribution in [3.8, 4) is 5.75 Å². The van der Waals surface area contributed by atoms with Gasteiger partial charge in [-0.25, -0.2) is 4.79 Å². The van der Waals surface area contributed by atoms with Crippen LogP contribution in [0.4, 0.5) is 0 Å². The number of unbranched alkanes of at least 4 members (excludes halogenated alkanes) is 4. The highest BCUT2D eigenvalue weighted by Gasteiger charge is 2.16. The van der Waals surface area contributed by atoms with Crippen molar-refractivity contribution in [2.24, 2.45) is 0 Å². The zero-order valence-corrected chi connectivity index (χ0v) is 17.9. The zero-order chi connectivity index (χ0) is 20.8. The molecule has 1 heterocycles. The molecule has 0 bridgehead atoms. The average Bonchev–Trinajstić information content (AvgIpc) is 2.75. The Bertz CT molecular complexity index is 1070. The third-order valence-corrected chi connectivity index (χ3v) is 5.58. The van der Waals surface area contributed by atoms with E-state index >= 15 is 0 Å². The molecular weight excluding hydrogens is 388 g/mol. The Balaban J connectivity index is 2.01. The Kier molecular flexibility index (Phi) is 7.20. The third kappa shape index (κ3) is 4.75. The monoisotopic (exact) mass is 414 g/mol. The summed E-state index contributed by atoms with van der Waals surface area (Å²) in [5.41, 5.74) is 0.992. The molecule has 2 aromatic carbocycles. The van der Waals surface area contributed by atoms with Gasteiger partial charge in [0.15, 0.2) is 11.3 Å². The van der Waals surface area contributed by atoms with Gasteiger partial charge < -0.3 is 13.9 Å². The number of hydrogen-bond acceptors (Lipinski definition) is 6. The molecule has 0 aliphatic carbocycles. The van der Waals surface area contributed by atoms with Gasteiger partial charge in [-0.3, -0.25) is 4.79 Å². The molecular formula is C23H26O5S. The number of benzene rings is 2. The molecule has 3 aromatic rings. The van der Waals surface area contributed by atoms with Crippen LogP contribution < -0.4 is 10.2 Å². The normalized spacial score (nSPS) is 11.1. The molecule has 29 heavy (non-hydrogen) atoms. The van der Waals surface area contributed by atoms with Gasteiger partial charge in [0.05, 0.1) is 30.1 Å². The van der Waals surface area contributed by atoms with Crippen molar-refractivity contribution in [2.75, 3.05) is 20.0 Å². The quantitative estimate of drug-likeness (QED) is 0.191. The standard InChI is InChI=1S/C23H26O5S/c1-4-5-6-7-8-11-27-20-14-16(29-3)13-18-21(24)17-12-15(23(25)26-2)9-10-19(17)28-22(18)20/h9-10,12-14H,4-8,11H2,1-3H3. The van der Waals surface area contributed by atoms with Crippen LogP contribution >= 0.6 is 11.8 Å². The summed E-state index contributed by atoms with van der Waals surface area (Å²) in [6, 6.07) is 8.46. The minimum atomic E-state index is -0.489. The summed E-state index contributed by atoms with van der Waals surface area (Å²) in [6.45, 7) is 2.77. The Morgan fingerprint density at radius 2 is 1.86 bits per heavy atom. The first-order chi connectivity index (χ1) is 14.1. The second kappa shape index (κ2) is 9.83. The van der Waals surface area contributed by atoms with E-state index in [9.17, 15) is 9.59 Å². The maximum absolute atomic E-state index is 13.1. The van der Waals surface area contributed by atoms with E-state index in [1.165, 1.54) is 44.2 Å². The van der Waals surface area contributed by atoms with Gasteiger partial charge in [0.25, 0.3) is 0 Å². The Morgan fingerprint density at radius 3 is 2.59 bits per heavy atom. The summed E-state index contributed by atoms with van der Waals surface area (Å²) < 4.78 is 16.8. The van der Waals surface area contributed by atoms with Crippen molar-refractivity contribution in [2.45, 2.75) is 43.9 Å². The molecule has 154 valence electrons. The van der Waals surface area contributed by atoms with E-state index in [1.807, 2.05) is 18.4 Å². The highest BCUT2D eigenvalue weighted by molar-refractivity contribution is 7.98. The van der Waals surface area contributed by atoms with Gasteiger partial charge in [0, 0.05) is 4.90 Å². The van der Waals surface area contributed by atoms with Gasteiger partial charge in [-0.1, -0.05) is 32.6 Å². The summed E-state index contributed by atoms with van der Waals surface area (Å²) in [7, 11) is 1.31. The molecule has 0 fully saturated rings. The fourth-order valence-electron chi connectivity index (χ4n) is 3.26. The number of rotatable bonds is 9. The van der Waals surface area contributed by atoms with Crippen molar-refractivity contribution in [3.05, 3.63) is 46.1 Å². The number of carbonyl (C=O) groups is 1. The van der Waals surface area contributed by atoms with Crippen molar-refractivity contribution in [1.82, 2.24) is 0 Å². The Hall–Kier alpha value is -2.47. The Labute approximate surface area is 174 Å². The molecule has 0 N–H and O–H groups in total. The largest absolute Gasteiger partial charge is 0.490 e. The van der Waals surface area contributed by atoms with Crippen LogP contribution in [-0.4, -0.2) is 25.9 Å². The molecule has 0 spiro atoms. The Morgan fingerprint density at radius 1 is 1.07 bits per heavy atom. The summed E-state index contributed by atoms with van der Waals surface area (Å²) in [5, 5.41) is 0.802.